The fourth-order valence-corrected chi connectivity index (χ4v) is 3.69. The molecule has 1 aromatic carbocycles. The van der Waals surface area contributed by atoms with Gasteiger partial charge >= 0.3 is 0 Å². The SMILES string of the molecule is CC(C)[C@H](NC(=O)CCSc1ccc2c(c1)OCCO2)c1cccnc1. The Bertz CT molecular complexity index is 737. The minimum absolute atomic E-state index is 0.0181. The molecular formula is C20H24N2O3S. The van der Waals surface area contributed by atoms with Crippen molar-refractivity contribution in [3.63, 3.8) is 0 Å². The fourth-order valence-electron chi connectivity index (χ4n) is 2.82. The average molecular weight is 372 g/mol. The van der Waals surface area contributed by atoms with Crippen LogP contribution in [0.4, 0.5) is 0 Å². The van der Waals surface area contributed by atoms with Gasteiger partial charge in [-0.25, -0.2) is 0 Å². The normalized spacial score (nSPS) is 14.1. The summed E-state index contributed by atoms with van der Waals surface area (Å²) in [5, 5.41) is 3.13. The second kappa shape index (κ2) is 8.94. The van der Waals surface area contributed by atoms with Gasteiger partial charge in [0.1, 0.15) is 13.2 Å². The molecule has 1 N–H and O–H groups in total. The number of amides is 1. The van der Waals surface area contributed by atoms with Gasteiger partial charge in [0.05, 0.1) is 6.04 Å². The smallest absolute Gasteiger partial charge is 0.221 e. The molecule has 2 heterocycles. The number of benzene rings is 1. The predicted molar refractivity (Wildman–Crippen MR) is 103 cm³/mol. The molecule has 6 heteroatoms. The summed E-state index contributed by atoms with van der Waals surface area (Å²) < 4.78 is 11.1. The molecule has 0 spiro atoms. The molecule has 5 nitrogen and oxygen atoms in total. The molecule has 0 aliphatic carbocycles. The fraction of sp³-hybridized carbons (Fsp3) is 0.400. The first-order chi connectivity index (χ1) is 12.6. The van der Waals surface area contributed by atoms with Crippen molar-refractivity contribution in [2.24, 2.45) is 5.92 Å². The van der Waals surface area contributed by atoms with E-state index in [4.69, 9.17) is 9.47 Å². The molecule has 1 atom stereocenters. The van der Waals surface area contributed by atoms with E-state index in [1.54, 1.807) is 18.0 Å². The number of aromatic nitrogens is 1. The van der Waals surface area contributed by atoms with Gasteiger partial charge in [-0.2, -0.15) is 0 Å². The molecule has 0 bridgehead atoms. The first kappa shape index (κ1) is 18.6. The van der Waals surface area contributed by atoms with Crippen molar-refractivity contribution in [3.05, 3.63) is 48.3 Å². The number of carbonyl (C=O) groups is 1. The van der Waals surface area contributed by atoms with Crippen LogP contribution in [0.5, 0.6) is 11.5 Å². The number of nitrogens with zero attached hydrogens (tertiary/aromatic N) is 1. The molecule has 3 rings (SSSR count). The molecule has 1 amide bonds. The van der Waals surface area contributed by atoms with Crippen molar-refractivity contribution < 1.29 is 14.3 Å². The third-order valence-electron chi connectivity index (χ3n) is 4.14. The maximum atomic E-state index is 12.4. The van der Waals surface area contributed by atoms with Crippen LogP contribution < -0.4 is 14.8 Å². The Kier molecular flexibility index (Phi) is 6.39. The first-order valence-corrected chi connectivity index (χ1v) is 9.84. The first-order valence-electron chi connectivity index (χ1n) is 8.85. The molecule has 0 saturated heterocycles. The van der Waals surface area contributed by atoms with E-state index >= 15 is 0 Å². The van der Waals surface area contributed by atoms with Crippen molar-refractivity contribution in [1.82, 2.24) is 10.3 Å². The van der Waals surface area contributed by atoms with Crippen LogP contribution in [0.2, 0.25) is 0 Å². The van der Waals surface area contributed by atoms with Gasteiger partial charge in [-0.15, -0.1) is 11.8 Å². The third-order valence-corrected chi connectivity index (χ3v) is 5.13. The Morgan fingerprint density at radius 3 is 2.77 bits per heavy atom. The summed E-state index contributed by atoms with van der Waals surface area (Å²) in [5.74, 6) is 2.63. The summed E-state index contributed by atoms with van der Waals surface area (Å²) in [5.41, 5.74) is 1.04. The molecule has 0 fully saturated rings. The average Bonchev–Trinajstić information content (AvgIpc) is 2.66. The molecule has 0 unspecified atom stereocenters. The lowest BCUT2D eigenvalue weighted by Gasteiger charge is -2.22. The Morgan fingerprint density at radius 1 is 1.23 bits per heavy atom. The van der Waals surface area contributed by atoms with Crippen LogP contribution in [0.25, 0.3) is 0 Å². The Hall–Kier alpha value is -2.21. The van der Waals surface area contributed by atoms with Gasteiger partial charge in [0.15, 0.2) is 11.5 Å². The van der Waals surface area contributed by atoms with E-state index in [9.17, 15) is 4.79 Å². The maximum absolute atomic E-state index is 12.4. The van der Waals surface area contributed by atoms with Gasteiger partial charge in [0.25, 0.3) is 0 Å². The number of nitrogens with one attached hydrogen (secondary N) is 1. The highest BCUT2D eigenvalue weighted by Gasteiger charge is 2.18. The standard InChI is InChI=1S/C20H24N2O3S/c1-14(2)20(15-4-3-8-21-13-15)22-19(23)7-11-26-16-5-6-17-18(12-16)25-10-9-24-17/h3-6,8,12-14,20H,7,9-11H2,1-2H3,(H,22,23)/t20-/m0/s1. The lowest BCUT2D eigenvalue weighted by molar-refractivity contribution is -0.121. The van der Waals surface area contributed by atoms with Crippen molar-refractivity contribution in [3.8, 4) is 11.5 Å². The van der Waals surface area contributed by atoms with Gasteiger partial charge in [-0.05, 0) is 35.7 Å². The largest absolute Gasteiger partial charge is 0.486 e. The molecule has 1 aliphatic rings. The van der Waals surface area contributed by atoms with Crippen molar-refractivity contribution in [1.29, 1.82) is 0 Å². The summed E-state index contributed by atoms with van der Waals surface area (Å²) in [6, 6.07) is 9.78. The van der Waals surface area contributed by atoms with Crippen LogP contribution in [-0.4, -0.2) is 29.9 Å². The maximum Gasteiger partial charge on any atom is 0.221 e. The van der Waals surface area contributed by atoms with Crippen LogP contribution in [0, 0.1) is 5.92 Å². The van der Waals surface area contributed by atoms with E-state index in [1.807, 2.05) is 36.5 Å². The van der Waals surface area contributed by atoms with E-state index in [2.05, 4.69) is 24.1 Å². The summed E-state index contributed by atoms with van der Waals surface area (Å²) in [6.45, 7) is 5.37. The monoisotopic (exact) mass is 372 g/mol. The quantitative estimate of drug-likeness (QED) is 0.748. The highest BCUT2D eigenvalue weighted by atomic mass is 32.2. The topological polar surface area (TPSA) is 60.5 Å². The molecule has 0 saturated carbocycles. The third kappa shape index (κ3) is 4.91. The highest BCUT2D eigenvalue weighted by molar-refractivity contribution is 7.99. The summed E-state index contributed by atoms with van der Waals surface area (Å²) >= 11 is 1.64. The van der Waals surface area contributed by atoms with Gasteiger partial charge < -0.3 is 14.8 Å². The van der Waals surface area contributed by atoms with Crippen molar-refractivity contribution >= 4 is 17.7 Å². The number of hydrogen-bond acceptors (Lipinski definition) is 5. The number of hydrogen-bond donors (Lipinski definition) is 1. The molecule has 26 heavy (non-hydrogen) atoms. The second-order valence-electron chi connectivity index (χ2n) is 6.48. The summed E-state index contributed by atoms with van der Waals surface area (Å²) in [4.78, 5) is 17.6. The lowest BCUT2D eigenvalue weighted by Crippen LogP contribution is -2.32. The summed E-state index contributed by atoms with van der Waals surface area (Å²) in [7, 11) is 0. The minimum atomic E-state index is -0.0181. The second-order valence-corrected chi connectivity index (χ2v) is 7.65. The zero-order valence-corrected chi connectivity index (χ0v) is 15.9. The van der Waals surface area contributed by atoms with E-state index < -0.39 is 0 Å². The lowest BCUT2D eigenvalue weighted by atomic mass is 9.97. The number of ether oxygens (including phenoxy) is 2. The van der Waals surface area contributed by atoms with Crippen LogP contribution in [0.1, 0.15) is 31.9 Å². The van der Waals surface area contributed by atoms with Gasteiger partial charge in [-0.3, -0.25) is 9.78 Å². The number of carbonyl (C=O) groups excluding carboxylic acids is 1. The summed E-state index contributed by atoms with van der Waals surface area (Å²) in [6.07, 6.45) is 4.02. The number of thioether (sulfide) groups is 1. The Labute approximate surface area is 158 Å². The molecule has 2 aromatic rings. The van der Waals surface area contributed by atoms with Crippen LogP contribution in [0.3, 0.4) is 0 Å². The van der Waals surface area contributed by atoms with E-state index in [-0.39, 0.29) is 11.9 Å². The molecule has 0 radical (unpaired) electrons. The highest BCUT2D eigenvalue weighted by Crippen LogP contribution is 2.34. The van der Waals surface area contributed by atoms with Crippen molar-refractivity contribution in [2.45, 2.75) is 31.2 Å². The van der Waals surface area contributed by atoms with Crippen molar-refractivity contribution in [2.75, 3.05) is 19.0 Å². The van der Waals surface area contributed by atoms with E-state index in [0.29, 0.717) is 31.3 Å². The van der Waals surface area contributed by atoms with Gasteiger partial charge in [0.2, 0.25) is 5.91 Å². The molecule has 1 aromatic heterocycles. The van der Waals surface area contributed by atoms with Gasteiger partial charge in [-0.1, -0.05) is 19.9 Å². The predicted octanol–water partition coefficient (Wildman–Crippen LogP) is 3.85. The number of rotatable bonds is 7. The zero-order valence-electron chi connectivity index (χ0n) is 15.1. The Morgan fingerprint density at radius 2 is 2.04 bits per heavy atom. The number of pyridine rings is 1. The minimum Gasteiger partial charge on any atom is -0.486 e. The Balaban J connectivity index is 1.50. The number of fused-ring (bicyclic) bond motifs is 1. The van der Waals surface area contributed by atoms with Gasteiger partial charge in [0, 0.05) is 29.5 Å². The van der Waals surface area contributed by atoms with Crippen LogP contribution >= 0.6 is 11.8 Å². The van der Waals surface area contributed by atoms with Crippen LogP contribution in [-0.2, 0) is 4.79 Å². The van der Waals surface area contributed by atoms with Crippen LogP contribution in [0.15, 0.2) is 47.6 Å². The molecule has 1 aliphatic heterocycles. The van der Waals surface area contributed by atoms with E-state index in [0.717, 1.165) is 22.0 Å². The van der Waals surface area contributed by atoms with E-state index in [1.165, 1.54) is 0 Å². The molecule has 138 valence electrons. The molecular weight excluding hydrogens is 348 g/mol. The zero-order chi connectivity index (χ0) is 18.4.